The number of thiophene rings is 1. The lowest BCUT2D eigenvalue weighted by molar-refractivity contribution is 0.0882. The lowest BCUT2D eigenvalue weighted by Crippen LogP contribution is -2.40. The van der Waals surface area contributed by atoms with Gasteiger partial charge in [0, 0.05) is 15.2 Å². The van der Waals surface area contributed by atoms with Gasteiger partial charge in [0.05, 0.1) is 0 Å². The summed E-state index contributed by atoms with van der Waals surface area (Å²) in [6.07, 6.45) is 12.1. The van der Waals surface area contributed by atoms with Crippen molar-refractivity contribution in [2.45, 2.75) is 51.6 Å². The second-order valence-electron chi connectivity index (χ2n) is 11.4. The fourth-order valence-electron chi connectivity index (χ4n) is 7.73. The van der Waals surface area contributed by atoms with E-state index in [1.807, 2.05) is 17.4 Å². The van der Waals surface area contributed by atoms with Gasteiger partial charge in [-0.1, -0.05) is 67.4 Å². The third kappa shape index (κ3) is 3.75. The molecule has 4 atom stereocenters. The summed E-state index contributed by atoms with van der Waals surface area (Å²) in [6, 6.07) is 28.4. The number of terminal acetylenes is 1. The SMILES string of the molecule is C#CC1=C(c2cc3ccccc3s2)[C@@]2(C)CC[C@@H]3c4ccc(OCc5ccccc5)cc4CC[C@H]3[C@@H]2C1. The number of benzene rings is 3. The molecule has 0 radical (unpaired) electrons. The van der Waals surface area contributed by atoms with Crippen LogP contribution in [0.25, 0.3) is 15.7 Å². The highest BCUT2D eigenvalue weighted by Gasteiger charge is 2.54. The average Bonchev–Trinajstić information content (AvgIpc) is 3.49. The summed E-state index contributed by atoms with van der Waals surface area (Å²) in [5.41, 5.74) is 7.16. The molecule has 0 aliphatic heterocycles. The minimum absolute atomic E-state index is 0.167. The van der Waals surface area contributed by atoms with E-state index in [4.69, 9.17) is 11.2 Å². The van der Waals surface area contributed by atoms with Gasteiger partial charge in [-0.25, -0.2) is 0 Å². The lowest BCUT2D eigenvalue weighted by Gasteiger charge is -2.50. The van der Waals surface area contributed by atoms with Crippen molar-refractivity contribution in [3.63, 3.8) is 0 Å². The topological polar surface area (TPSA) is 9.23 Å². The highest BCUT2D eigenvalue weighted by molar-refractivity contribution is 7.20. The minimum atomic E-state index is 0.167. The molecule has 3 aromatic carbocycles. The standard InChI is InChI=1S/C35H32OS/c1-3-24-20-31-30-15-13-25-19-27(36-22-23-9-5-4-6-10-23)14-16-28(25)29(30)17-18-35(31,2)34(24)33-21-26-11-7-8-12-32(26)37-33/h1,4-12,14,16,19,21,29-31H,13,15,17-18,20,22H2,2H3/t29-,30-,31+,35+/m1/s1. The van der Waals surface area contributed by atoms with Gasteiger partial charge in [0.25, 0.3) is 0 Å². The van der Waals surface area contributed by atoms with Crippen LogP contribution in [0.2, 0.25) is 0 Å². The first-order valence-corrected chi connectivity index (χ1v) is 14.4. The highest BCUT2D eigenvalue weighted by Crippen LogP contribution is 2.65. The fraction of sp³-hybridized carbons (Fsp3) is 0.314. The van der Waals surface area contributed by atoms with Crippen LogP contribution >= 0.6 is 11.3 Å². The zero-order valence-corrected chi connectivity index (χ0v) is 22.2. The van der Waals surface area contributed by atoms with Gasteiger partial charge in [0.1, 0.15) is 12.4 Å². The number of hydrogen-bond donors (Lipinski definition) is 0. The van der Waals surface area contributed by atoms with E-state index in [9.17, 15) is 0 Å². The monoisotopic (exact) mass is 500 g/mol. The largest absolute Gasteiger partial charge is 0.489 e. The van der Waals surface area contributed by atoms with Crippen LogP contribution in [0.15, 0.2) is 84.4 Å². The van der Waals surface area contributed by atoms with Gasteiger partial charge in [0.2, 0.25) is 0 Å². The van der Waals surface area contributed by atoms with Gasteiger partial charge in [-0.2, -0.15) is 0 Å². The van der Waals surface area contributed by atoms with Crippen molar-refractivity contribution in [1.29, 1.82) is 0 Å². The first-order valence-electron chi connectivity index (χ1n) is 13.6. The number of hydrogen-bond acceptors (Lipinski definition) is 2. The molecular formula is C35H32OS. The van der Waals surface area contributed by atoms with Crippen LogP contribution in [0.4, 0.5) is 0 Å². The van der Waals surface area contributed by atoms with Crippen LogP contribution in [0, 0.1) is 29.6 Å². The van der Waals surface area contributed by atoms with Crippen molar-refractivity contribution in [1.82, 2.24) is 0 Å². The van der Waals surface area contributed by atoms with Crippen molar-refractivity contribution in [2.75, 3.05) is 0 Å². The number of aryl methyl sites for hydroxylation is 1. The maximum Gasteiger partial charge on any atom is 0.120 e. The Morgan fingerprint density at radius 2 is 1.84 bits per heavy atom. The Balaban J connectivity index is 1.16. The number of allylic oxidation sites excluding steroid dienone is 2. The molecule has 37 heavy (non-hydrogen) atoms. The predicted octanol–water partition coefficient (Wildman–Crippen LogP) is 9.03. The van der Waals surface area contributed by atoms with Crippen LogP contribution in [0.1, 0.15) is 60.1 Å². The predicted molar refractivity (Wildman–Crippen MR) is 155 cm³/mol. The number of fused-ring (bicyclic) bond motifs is 6. The van der Waals surface area contributed by atoms with Gasteiger partial charge in [0.15, 0.2) is 0 Å². The van der Waals surface area contributed by atoms with Gasteiger partial charge < -0.3 is 4.74 Å². The first kappa shape index (κ1) is 22.9. The molecule has 7 rings (SSSR count). The van der Waals surface area contributed by atoms with Crippen molar-refractivity contribution < 1.29 is 4.74 Å². The molecule has 2 heteroatoms. The van der Waals surface area contributed by atoms with Crippen LogP contribution in [0.5, 0.6) is 5.75 Å². The molecule has 4 aromatic rings. The number of rotatable bonds is 4. The maximum absolute atomic E-state index is 6.18. The second kappa shape index (κ2) is 8.93. The molecule has 0 amide bonds. The quantitative estimate of drug-likeness (QED) is 0.254. The molecule has 0 saturated heterocycles. The van der Waals surface area contributed by atoms with Gasteiger partial charge in [-0.15, -0.1) is 17.8 Å². The van der Waals surface area contributed by atoms with Crippen LogP contribution in [0.3, 0.4) is 0 Å². The van der Waals surface area contributed by atoms with Crippen LogP contribution < -0.4 is 4.74 Å². The zero-order valence-electron chi connectivity index (χ0n) is 21.4. The molecule has 3 aliphatic rings. The first-order chi connectivity index (χ1) is 18.1. The van der Waals surface area contributed by atoms with E-state index in [0.717, 1.165) is 18.6 Å². The van der Waals surface area contributed by atoms with Crippen LogP contribution in [-0.2, 0) is 13.0 Å². The summed E-state index contributed by atoms with van der Waals surface area (Å²) in [5, 5.41) is 1.34. The van der Waals surface area contributed by atoms with Crippen molar-refractivity contribution in [2.24, 2.45) is 17.3 Å². The maximum atomic E-state index is 6.18. The van der Waals surface area contributed by atoms with Crippen molar-refractivity contribution in [3.05, 3.63) is 106 Å². The Morgan fingerprint density at radius 3 is 2.68 bits per heavy atom. The summed E-state index contributed by atoms with van der Waals surface area (Å²) >= 11 is 1.92. The molecule has 0 N–H and O–H groups in total. The van der Waals surface area contributed by atoms with E-state index < -0.39 is 0 Å². The van der Waals surface area contributed by atoms with E-state index in [-0.39, 0.29) is 5.41 Å². The lowest BCUT2D eigenvalue weighted by atomic mass is 9.54. The molecule has 0 spiro atoms. The van der Waals surface area contributed by atoms with Gasteiger partial charge >= 0.3 is 0 Å². The van der Waals surface area contributed by atoms with E-state index in [2.05, 4.69) is 85.6 Å². The Kier molecular flexibility index (Phi) is 5.52. The average molecular weight is 501 g/mol. The molecule has 1 aromatic heterocycles. The zero-order chi connectivity index (χ0) is 25.0. The molecule has 0 unspecified atom stereocenters. The van der Waals surface area contributed by atoms with Gasteiger partial charge in [-0.3, -0.25) is 0 Å². The summed E-state index contributed by atoms with van der Waals surface area (Å²) < 4.78 is 7.53. The van der Waals surface area contributed by atoms with Crippen LogP contribution in [-0.4, -0.2) is 0 Å². The Hall–Kier alpha value is -3.28. The minimum Gasteiger partial charge on any atom is -0.489 e. The third-order valence-electron chi connectivity index (χ3n) is 9.48. The molecule has 1 saturated carbocycles. The molecule has 184 valence electrons. The van der Waals surface area contributed by atoms with Crippen molar-refractivity contribution >= 4 is 27.0 Å². The Labute approximate surface area is 224 Å². The molecule has 1 heterocycles. The van der Waals surface area contributed by atoms with E-state index >= 15 is 0 Å². The normalized spacial score (nSPS) is 26.3. The van der Waals surface area contributed by atoms with E-state index in [1.54, 1.807) is 5.56 Å². The summed E-state index contributed by atoms with van der Waals surface area (Å²) in [6.45, 7) is 3.14. The smallest absolute Gasteiger partial charge is 0.120 e. The Morgan fingerprint density at radius 1 is 1.00 bits per heavy atom. The fourth-order valence-corrected chi connectivity index (χ4v) is 9.00. The Bertz CT molecular complexity index is 1520. The second-order valence-corrected chi connectivity index (χ2v) is 12.4. The highest BCUT2D eigenvalue weighted by atomic mass is 32.1. The molecule has 0 bridgehead atoms. The molecule has 3 aliphatic carbocycles. The molecular weight excluding hydrogens is 468 g/mol. The van der Waals surface area contributed by atoms with E-state index in [0.29, 0.717) is 24.4 Å². The number of ether oxygens (including phenoxy) is 1. The van der Waals surface area contributed by atoms with Gasteiger partial charge in [-0.05, 0) is 107 Å². The molecule has 1 fully saturated rings. The summed E-state index contributed by atoms with van der Waals surface area (Å²) in [5.74, 6) is 6.10. The van der Waals surface area contributed by atoms with E-state index in [1.165, 1.54) is 56.5 Å². The molecule has 1 nitrogen and oxygen atoms in total. The summed E-state index contributed by atoms with van der Waals surface area (Å²) in [4.78, 5) is 1.40. The third-order valence-corrected chi connectivity index (χ3v) is 10.6. The van der Waals surface area contributed by atoms with Crippen molar-refractivity contribution in [3.8, 4) is 18.1 Å². The summed E-state index contributed by atoms with van der Waals surface area (Å²) in [7, 11) is 0.